The van der Waals surface area contributed by atoms with Gasteiger partial charge in [0.2, 0.25) is 5.91 Å². The van der Waals surface area contributed by atoms with Crippen molar-refractivity contribution < 1.29 is 9.90 Å². The summed E-state index contributed by atoms with van der Waals surface area (Å²) < 4.78 is 0. The molecule has 1 aliphatic rings. The lowest BCUT2D eigenvalue weighted by Gasteiger charge is -2.26. The highest BCUT2D eigenvalue weighted by atomic mass is 35.5. The summed E-state index contributed by atoms with van der Waals surface area (Å²) >= 11 is 6.07. The highest BCUT2D eigenvalue weighted by molar-refractivity contribution is 6.31. The standard InChI is InChI=1S/C15H18ClNO2/c1-15(19,12-8-4-5-9-13(12)16)10-17-14(18)11-6-2-3-7-11/h2-5,8-9,11,19H,6-7,10H2,1H3,(H,17,18)/t15-/m0/s1. The smallest absolute Gasteiger partial charge is 0.223 e. The van der Waals surface area contributed by atoms with Crippen molar-refractivity contribution in [3.05, 3.63) is 47.0 Å². The molecule has 0 fully saturated rings. The summed E-state index contributed by atoms with van der Waals surface area (Å²) in [5.41, 5.74) is -0.540. The number of rotatable bonds is 4. The minimum Gasteiger partial charge on any atom is -0.384 e. The quantitative estimate of drug-likeness (QED) is 0.833. The van der Waals surface area contributed by atoms with Crippen LogP contribution in [0.5, 0.6) is 0 Å². The van der Waals surface area contributed by atoms with Crippen molar-refractivity contribution in [1.82, 2.24) is 5.32 Å². The Morgan fingerprint density at radius 2 is 2.05 bits per heavy atom. The molecule has 19 heavy (non-hydrogen) atoms. The largest absolute Gasteiger partial charge is 0.384 e. The van der Waals surface area contributed by atoms with Crippen molar-refractivity contribution >= 4 is 17.5 Å². The Bertz CT molecular complexity index is 489. The summed E-state index contributed by atoms with van der Waals surface area (Å²) in [6.45, 7) is 1.81. The number of hydrogen-bond donors (Lipinski definition) is 2. The molecule has 1 atom stereocenters. The maximum Gasteiger partial charge on any atom is 0.223 e. The number of carbonyl (C=O) groups excluding carboxylic acids is 1. The third-order valence-corrected chi connectivity index (χ3v) is 3.77. The van der Waals surface area contributed by atoms with E-state index >= 15 is 0 Å². The molecule has 2 N–H and O–H groups in total. The van der Waals surface area contributed by atoms with Gasteiger partial charge in [-0.15, -0.1) is 0 Å². The SMILES string of the molecule is C[C@](O)(CNC(=O)C1CC=CC1)c1ccccc1Cl. The van der Waals surface area contributed by atoms with Gasteiger partial charge in [0, 0.05) is 16.5 Å². The van der Waals surface area contributed by atoms with Crippen molar-refractivity contribution in [3.63, 3.8) is 0 Å². The summed E-state index contributed by atoms with van der Waals surface area (Å²) in [5, 5.41) is 13.8. The van der Waals surface area contributed by atoms with Crippen molar-refractivity contribution in [2.75, 3.05) is 6.54 Å². The van der Waals surface area contributed by atoms with E-state index < -0.39 is 5.60 Å². The summed E-state index contributed by atoms with van der Waals surface area (Å²) in [7, 11) is 0. The zero-order valence-corrected chi connectivity index (χ0v) is 11.7. The zero-order valence-electron chi connectivity index (χ0n) is 10.9. The van der Waals surface area contributed by atoms with Gasteiger partial charge in [-0.25, -0.2) is 0 Å². The normalized spacial score (nSPS) is 18.3. The number of carbonyl (C=O) groups is 1. The van der Waals surface area contributed by atoms with Crippen molar-refractivity contribution in [3.8, 4) is 0 Å². The van der Waals surface area contributed by atoms with Crippen LogP contribution in [0.25, 0.3) is 0 Å². The van der Waals surface area contributed by atoms with E-state index in [1.807, 2.05) is 24.3 Å². The van der Waals surface area contributed by atoms with Crippen LogP contribution in [0.1, 0.15) is 25.3 Å². The maximum absolute atomic E-state index is 11.9. The number of benzene rings is 1. The van der Waals surface area contributed by atoms with Crippen LogP contribution in [0.3, 0.4) is 0 Å². The van der Waals surface area contributed by atoms with E-state index in [2.05, 4.69) is 5.32 Å². The van der Waals surface area contributed by atoms with Gasteiger partial charge >= 0.3 is 0 Å². The molecule has 0 saturated carbocycles. The first-order valence-corrected chi connectivity index (χ1v) is 6.78. The molecule has 4 heteroatoms. The molecule has 0 unspecified atom stereocenters. The van der Waals surface area contributed by atoms with E-state index in [9.17, 15) is 9.90 Å². The minimum absolute atomic E-state index is 0.00189. The van der Waals surface area contributed by atoms with Crippen LogP contribution in [0.4, 0.5) is 0 Å². The molecule has 0 heterocycles. The van der Waals surface area contributed by atoms with Crippen LogP contribution in [0.15, 0.2) is 36.4 Å². The van der Waals surface area contributed by atoms with E-state index in [1.54, 1.807) is 19.1 Å². The molecule has 0 aromatic heterocycles. The van der Waals surface area contributed by atoms with Gasteiger partial charge in [0.15, 0.2) is 0 Å². The van der Waals surface area contributed by atoms with Crippen LogP contribution in [0, 0.1) is 5.92 Å². The number of aliphatic hydroxyl groups is 1. The molecule has 1 amide bonds. The van der Waals surface area contributed by atoms with E-state index in [4.69, 9.17) is 11.6 Å². The minimum atomic E-state index is -1.17. The molecule has 3 nitrogen and oxygen atoms in total. The van der Waals surface area contributed by atoms with Crippen molar-refractivity contribution in [2.24, 2.45) is 5.92 Å². The van der Waals surface area contributed by atoms with Crippen LogP contribution in [-0.2, 0) is 10.4 Å². The van der Waals surface area contributed by atoms with E-state index in [-0.39, 0.29) is 18.4 Å². The Morgan fingerprint density at radius 3 is 2.68 bits per heavy atom. The Balaban J connectivity index is 1.97. The first-order chi connectivity index (χ1) is 9.00. The molecular formula is C15H18ClNO2. The van der Waals surface area contributed by atoms with Gasteiger partial charge in [-0.05, 0) is 25.8 Å². The molecular weight excluding hydrogens is 262 g/mol. The fourth-order valence-corrected chi connectivity index (χ4v) is 2.57. The molecule has 0 aliphatic heterocycles. The molecule has 2 rings (SSSR count). The molecule has 1 aromatic carbocycles. The second-order valence-corrected chi connectivity index (χ2v) is 5.52. The lowest BCUT2D eigenvalue weighted by atomic mass is 9.95. The molecule has 0 bridgehead atoms. The molecule has 0 radical (unpaired) electrons. The Kier molecular flexibility index (Phi) is 4.27. The highest BCUT2D eigenvalue weighted by Crippen LogP contribution is 2.27. The summed E-state index contributed by atoms with van der Waals surface area (Å²) in [5.74, 6) is -0.0145. The summed E-state index contributed by atoms with van der Waals surface area (Å²) in [4.78, 5) is 11.9. The first kappa shape index (κ1) is 14.1. The molecule has 102 valence electrons. The maximum atomic E-state index is 11.9. The summed E-state index contributed by atoms with van der Waals surface area (Å²) in [6.07, 6.45) is 5.58. The fraction of sp³-hybridized carbons (Fsp3) is 0.400. The number of amides is 1. The van der Waals surface area contributed by atoms with Crippen LogP contribution in [0.2, 0.25) is 5.02 Å². The Labute approximate surface area is 118 Å². The van der Waals surface area contributed by atoms with Crippen molar-refractivity contribution in [1.29, 1.82) is 0 Å². The van der Waals surface area contributed by atoms with Gasteiger partial charge in [0.1, 0.15) is 5.60 Å². The second-order valence-electron chi connectivity index (χ2n) is 5.11. The van der Waals surface area contributed by atoms with E-state index in [0.717, 1.165) is 12.8 Å². The topological polar surface area (TPSA) is 49.3 Å². The van der Waals surface area contributed by atoms with Crippen LogP contribution in [-0.4, -0.2) is 17.6 Å². The van der Waals surface area contributed by atoms with Gasteiger partial charge in [0.25, 0.3) is 0 Å². The van der Waals surface area contributed by atoms with Gasteiger partial charge < -0.3 is 10.4 Å². The van der Waals surface area contributed by atoms with Crippen LogP contribution < -0.4 is 5.32 Å². The molecule has 1 aromatic rings. The lowest BCUT2D eigenvalue weighted by molar-refractivity contribution is -0.125. The molecule has 1 aliphatic carbocycles. The number of nitrogens with one attached hydrogen (secondary N) is 1. The predicted molar refractivity (Wildman–Crippen MR) is 75.9 cm³/mol. The third kappa shape index (κ3) is 3.37. The number of halogens is 1. The lowest BCUT2D eigenvalue weighted by Crippen LogP contribution is -2.41. The van der Waals surface area contributed by atoms with E-state index in [1.165, 1.54) is 0 Å². The highest BCUT2D eigenvalue weighted by Gasteiger charge is 2.27. The average Bonchev–Trinajstić information content (AvgIpc) is 2.90. The van der Waals surface area contributed by atoms with Gasteiger partial charge in [-0.1, -0.05) is 42.0 Å². The Hall–Kier alpha value is -1.32. The fourth-order valence-electron chi connectivity index (χ4n) is 2.23. The van der Waals surface area contributed by atoms with Gasteiger partial charge in [-0.3, -0.25) is 4.79 Å². The van der Waals surface area contributed by atoms with Gasteiger partial charge in [0.05, 0.1) is 6.54 Å². The number of allylic oxidation sites excluding steroid dienone is 2. The third-order valence-electron chi connectivity index (χ3n) is 3.44. The van der Waals surface area contributed by atoms with Gasteiger partial charge in [-0.2, -0.15) is 0 Å². The summed E-state index contributed by atoms with van der Waals surface area (Å²) in [6, 6.07) is 7.13. The first-order valence-electron chi connectivity index (χ1n) is 6.41. The van der Waals surface area contributed by atoms with Crippen molar-refractivity contribution in [2.45, 2.75) is 25.4 Å². The number of hydrogen-bond acceptors (Lipinski definition) is 2. The average molecular weight is 280 g/mol. The zero-order chi connectivity index (χ0) is 13.9. The second kappa shape index (κ2) is 5.76. The predicted octanol–water partition coefficient (Wildman–Crippen LogP) is 2.63. The molecule has 0 saturated heterocycles. The monoisotopic (exact) mass is 279 g/mol. The van der Waals surface area contributed by atoms with Crippen LogP contribution >= 0.6 is 11.6 Å². The molecule has 0 spiro atoms. The van der Waals surface area contributed by atoms with E-state index in [0.29, 0.717) is 10.6 Å². The Morgan fingerprint density at radius 1 is 1.42 bits per heavy atom.